The number of hydrogen-bond acceptors (Lipinski definition) is 5. The van der Waals surface area contributed by atoms with Crippen LogP contribution in [0, 0.1) is 0 Å². The highest BCUT2D eigenvalue weighted by molar-refractivity contribution is 6.01. The van der Waals surface area contributed by atoms with Crippen molar-refractivity contribution in [3.63, 3.8) is 0 Å². The van der Waals surface area contributed by atoms with Gasteiger partial charge in [0.2, 0.25) is 0 Å². The Morgan fingerprint density at radius 1 is 1.36 bits per heavy atom. The van der Waals surface area contributed by atoms with Crippen LogP contribution < -0.4 is 10.1 Å². The lowest BCUT2D eigenvalue weighted by atomic mass is 10.0. The summed E-state index contributed by atoms with van der Waals surface area (Å²) in [5, 5.41) is 14.0. The molecule has 0 spiro atoms. The molecule has 1 amide bonds. The van der Waals surface area contributed by atoms with E-state index < -0.39 is 0 Å². The van der Waals surface area contributed by atoms with Crippen molar-refractivity contribution in [2.24, 2.45) is 5.16 Å². The second-order valence-electron chi connectivity index (χ2n) is 6.39. The molecule has 7 heteroatoms. The zero-order chi connectivity index (χ0) is 17.2. The molecular weight excluding hydrogens is 320 g/mol. The SMILES string of the molecule is COc1ccc(C2=NO[C@@H](CNC(=O)c3cc(C4CC4)[nH]n3)C2)cc1. The van der Waals surface area contributed by atoms with Gasteiger partial charge >= 0.3 is 0 Å². The summed E-state index contributed by atoms with van der Waals surface area (Å²) in [6, 6.07) is 9.52. The Bertz CT molecular complexity index is 793. The number of carbonyl (C=O) groups is 1. The number of amides is 1. The number of benzene rings is 1. The van der Waals surface area contributed by atoms with Crippen LogP contribution in [0.15, 0.2) is 35.5 Å². The normalized spacial score (nSPS) is 19.2. The number of aromatic amines is 1. The maximum absolute atomic E-state index is 12.2. The molecule has 1 fully saturated rings. The summed E-state index contributed by atoms with van der Waals surface area (Å²) in [5.74, 6) is 1.16. The van der Waals surface area contributed by atoms with Gasteiger partial charge in [-0.3, -0.25) is 9.89 Å². The van der Waals surface area contributed by atoms with Crippen molar-refractivity contribution >= 4 is 11.6 Å². The summed E-state index contributed by atoms with van der Waals surface area (Å²) in [6.45, 7) is 0.396. The summed E-state index contributed by atoms with van der Waals surface area (Å²) in [7, 11) is 1.64. The lowest BCUT2D eigenvalue weighted by Crippen LogP contribution is -2.32. The van der Waals surface area contributed by atoms with Crippen molar-refractivity contribution in [1.29, 1.82) is 0 Å². The number of methoxy groups -OCH3 is 1. The minimum Gasteiger partial charge on any atom is -0.497 e. The Balaban J connectivity index is 1.28. The van der Waals surface area contributed by atoms with Gasteiger partial charge in [0.1, 0.15) is 17.5 Å². The first-order valence-electron chi connectivity index (χ1n) is 8.43. The number of ether oxygens (including phenoxy) is 1. The molecule has 1 aliphatic carbocycles. The molecule has 0 unspecified atom stereocenters. The van der Waals surface area contributed by atoms with Crippen LogP contribution in [-0.4, -0.2) is 41.6 Å². The van der Waals surface area contributed by atoms with Crippen LogP contribution in [-0.2, 0) is 4.84 Å². The molecule has 2 aromatic rings. The second-order valence-corrected chi connectivity index (χ2v) is 6.39. The number of oxime groups is 1. The number of H-pyrrole nitrogens is 1. The van der Waals surface area contributed by atoms with Crippen molar-refractivity contribution < 1.29 is 14.4 Å². The Morgan fingerprint density at radius 3 is 2.88 bits per heavy atom. The molecule has 7 nitrogen and oxygen atoms in total. The highest BCUT2D eigenvalue weighted by Gasteiger charge is 2.27. The predicted octanol–water partition coefficient (Wildman–Crippen LogP) is 2.22. The highest BCUT2D eigenvalue weighted by atomic mass is 16.6. The van der Waals surface area contributed by atoms with Crippen LogP contribution in [0.4, 0.5) is 0 Å². The van der Waals surface area contributed by atoms with Gasteiger partial charge in [0.05, 0.1) is 19.4 Å². The van der Waals surface area contributed by atoms with E-state index in [1.807, 2.05) is 30.3 Å². The number of nitrogens with one attached hydrogen (secondary N) is 2. The van der Waals surface area contributed by atoms with E-state index in [2.05, 4.69) is 20.7 Å². The van der Waals surface area contributed by atoms with Crippen molar-refractivity contribution in [1.82, 2.24) is 15.5 Å². The molecule has 2 heterocycles. The molecule has 130 valence electrons. The molecule has 1 aromatic carbocycles. The van der Waals surface area contributed by atoms with Gasteiger partial charge in [-0.15, -0.1) is 0 Å². The number of carbonyl (C=O) groups excluding carboxylic acids is 1. The molecule has 0 bridgehead atoms. The molecule has 0 radical (unpaired) electrons. The molecule has 2 aliphatic rings. The summed E-state index contributed by atoms with van der Waals surface area (Å²) in [5.41, 5.74) is 3.34. The van der Waals surface area contributed by atoms with Gasteiger partial charge in [0.15, 0.2) is 0 Å². The number of aromatic nitrogens is 2. The number of rotatable bonds is 6. The topological polar surface area (TPSA) is 88.6 Å². The molecule has 1 saturated carbocycles. The van der Waals surface area contributed by atoms with E-state index in [-0.39, 0.29) is 12.0 Å². The van der Waals surface area contributed by atoms with Gasteiger partial charge in [-0.2, -0.15) is 5.10 Å². The Labute approximate surface area is 145 Å². The number of hydrogen-bond donors (Lipinski definition) is 2. The van der Waals surface area contributed by atoms with Crippen LogP contribution in [0.25, 0.3) is 0 Å². The third-order valence-corrected chi connectivity index (χ3v) is 4.49. The molecule has 1 aliphatic heterocycles. The van der Waals surface area contributed by atoms with E-state index in [1.54, 1.807) is 7.11 Å². The van der Waals surface area contributed by atoms with E-state index >= 15 is 0 Å². The summed E-state index contributed by atoms with van der Waals surface area (Å²) >= 11 is 0. The van der Waals surface area contributed by atoms with Gasteiger partial charge < -0.3 is 14.9 Å². The van der Waals surface area contributed by atoms with Crippen LogP contribution in [0.3, 0.4) is 0 Å². The van der Waals surface area contributed by atoms with Gasteiger partial charge in [-0.05, 0) is 48.7 Å². The average Bonchev–Trinajstić information content (AvgIpc) is 3.19. The molecule has 25 heavy (non-hydrogen) atoms. The lowest BCUT2D eigenvalue weighted by molar-refractivity contribution is 0.0751. The van der Waals surface area contributed by atoms with E-state index in [0.717, 1.165) is 22.7 Å². The smallest absolute Gasteiger partial charge is 0.271 e. The first-order chi connectivity index (χ1) is 12.2. The van der Waals surface area contributed by atoms with E-state index in [9.17, 15) is 4.79 Å². The minimum absolute atomic E-state index is 0.164. The Hall–Kier alpha value is -2.83. The molecule has 2 N–H and O–H groups in total. The van der Waals surface area contributed by atoms with Crippen LogP contribution in [0.1, 0.15) is 46.9 Å². The van der Waals surface area contributed by atoms with Crippen molar-refractivity contribution in [2.45, 2.75) is 31.3 Å². The Morgan fingerprint density at radius 2 is 2.16 bits per heavy atom. The zero-order valence-corrected chi connectivity index (χ0v) is 14.0. The standard InChI is InChI=1S/C18H20N4O3/c1-24-13-6-4-12(5-7-13)16-8-14(25-22-16)10-19-18(23)17-9-15(20-21-17)11-2-3-11/h4-7,9,11,14H,2-3,8,10H2,1H3,(H,19,23)(H,20,21)/t14-/m1/s1. The zero-order valence-electron chi connectivity index (χ0n) is 14.0. The second kappa shape index (κ2) is 6.58. The third-order valence-electron chi connectivity index (χ3n) is 4.49. The minimum atomic E-state index is -0.190. The van der Waals surface area contributed by atoms with Gasteiger partial charge in [0.25, 0.3) is 5.91 Å². The van der Waals surface area contributed by atoms with Gasteiger partial charge in [-0.25, -0.2) is 0 Å². The van der Waals surface area contributed by atoms with E-state index in [4.69, 9.17) is 9.57 Å². The predicted molar refractivity (Wildman–Crippen MR) is 91.9 cm³/mol. The molecule has 4 rings (SSSR count). The first kappa shape index (κ1) is 15.7. The molecule has 0 saturated heterocycles. The van der Waals surface area contributed by atoms with Gasteiger partial charge in [0, 0.05) is 18.0 Å². The third kappa shape index (κ3) is 3.50. The van der Waals surface area contributed by atoms with E-state index in [1.165, 1.54) is 12.8 Å². The van der Waals surface area contributed by atoms with Crippen LogP contribution >= 0.6 is 0 Å². The van der Waals surface area contributed by atoms with Crippen molar-refractivity contribution in [3.8, 4) is 5.75 Å². The monoisotopic (exact) mass is 340 g/mol. The van der Waals surface area contributed by atoms with Crippen LogP contribution in [0.5, 0.6) is 5.75 Å². The fourth-order valence-electron chi connectivity index (χ4n) is 2.85. The maximum atomic E-state index is 12.2. The fourth-order valence-corrected chi connectivity index (χ4v) is 2.85. The first-order valence-corrected chi connectivity index (χ1v) is 8.43. The van der Waals surface area contributed by atoms with Crippen molar-refractivity contribution in [3.05, 3.63) is 47.3 Å². The lowest BCUT2D eigenvalue weighted by Gasteiger charge is -2.08. The molecule has 1 aromatic heterocycles. The molecular formula is C18H20N4O3. The van der Waals surface area contributed by atoms with Gasteiger partial charge in [-0.1, -0.05) is 5.16 Å². The highest BCUT2D eigenvalue weighted by Crippen LogP contribution is 2.38. The number of nitrogens with zero attached hydrogens (tertiary/aromatic N) is 2. The Kier molecular flexibility index (Phi) is 4.13. The van der Waals surface area contributed by atoms with Crippen molar-refractivity contribution in [2.75, 3.05) is 13.7 Å². The fraction of sp³-hybridized carbons (Fsp3) is 0.389. The summed E-state index contributed by atoms with van der Waals surface area (Å²) in [6.07, 6.45) is 2.83. The average molecular weight is 340 g/mol. The summed E-state index contributed by atoms with van der Waals surface area (Å²) in [4.78, 5) is 17.6. The quantitative estimate of drug-likeness (QED) is 0.844. The maximum Gasteiger partial charge on any atom is 0.271 e. The summed E-state index contributed by atoms with van der Waals surface area (Å²) < 4.78 is 5.15. The van der Waals surface area contributed by atoms with Crippen LogP contribution in [0.2, 0.25) is 0 Å². The largest absolute Gasteiger partial charge is 0.497 e. The van der Waals surface area contributed by atoms with E-state index in [0.29, 0.717) is 24.6 Å². The molecule has 1 atom stereocenters.